The molecule has 0 unspecified atom stereocenters. The molecule has 1 fully saturated rings. The number of fused-ring (bicyclic) bond motifs is 1. The number of aryl methyl sites for hydroxylation is 1. The van der Waals surface area contributed by atoms with Gasteiger partial charge < -0.3 is 9.47 Å². The third-order valence-electron chi connectivity index (χ3n) is 4.01. The van der Waals surface area contributed by atoms with Crippen molar-refractivity contribution in [2.24, 2.45) is 7.05 Å². The predicted molar refractivity (Wildman–Crippen MR) is 79.3 cm³/mol. The molecule has 114 valence electrons. The molecule has 1 aromatic carbocycles. The number of rotatable bonds is 4. The molecule has 1 heterocycles. The van der Waals surface area contributed by atoms with E-state index in [1.165, 1.54) is 25.3 Å². The Morgan fingerprint density at radius 2 is 2.05 bits per heavy atom. The summed E-state index contributed by atoms with van der Waals surface area (Å²) in [6.45, 7) is 2.39. The topological polar surface area (TPSA) is 36.3 Å². The Morgan fingerprint density at radius 1 is 1.29 bits per heavy atom. The van der Waals surface area contributed by atoms with E-state index in [1.807, 2.05) is 20.0 Å². The fourth-order valence-electron chi connectivity index (χ4n) is 2.89. The monoisotopic (exact) mass is 292 g/mol. The van der Waals surface area contributed by atoms with Crippen LogP contribution in [0.2, 0.25) is 0 Å². The summed E-state index contributed by atoms with van der Waals surface area (Å²) in [5.74, 6) is 0.153. The van der Waals surface area contributed by atoms with Crippen LogP contribution in [-0.4, -0.2) is 22.3 Å². The minimum Gasteiger partial charge on any atom is -0.494 e. The van der Waals surface area contributed by atoms with Crippen molar-refractivity contribution in [2.75, 3.05) is 6.61 Å². The Hall–Kier alpha value is -1.78. The maximum absolute atomic E-state index is 14.1. The van der Waals surface area contributed by atoms with Crippen LogP contribution in [0.5, 0.6) is 11.8 Å². The summed E-state index contributed by atoms with van der Waals surface area (Å²) in [6.07, 6.45) is 5.96. The zero-order chi connectivity index (χ0) is 14.8. The molecule has 0 bridgehead atoms. The van der Waals surface area contributed by atoms with Crippen LogP contribution in [0, 0.1) is 5.82 Å². The van der Waals surface area contributed by atoms with Crippen LogP contribution in [0.1, 0.15) is 39.0 Å². The number of hydrogen-bond donors (Lipinski definition) is 0. The van der Waals surface area contributed by atoms with Crippen molar-refractivity contribution in [3.63, 3.8) is 0 Å². The van der Waals surface area contributed by atoms with Gasteiger partial charge in [0.15, 0.2) is 5.82 Å². The molecule has 0 atom stereocenters. The van der Waals surface area contributed by atoms with Gasteiger partial charge in [-0.25, -0.2) is 4.39 Å². The fourth-order valence-corrected chi connectivity index (χ4v) is 2.89. The van der Waals surface area contributed by atoms with Gasteiger partial charge in [0.25, 0.3) is 6.01 Å². The lowest BCUT2D eigenvalue weighted by Gasteiger charge is -2.22. The maximum Gasteiger partial charge on any atom is 0.297 e. The van der Waals surface area contributed by atoms with Crippen LogP contribution in [0.3, 0.4) is 0 Å². The van der Waals surface area contributed by atoms with Gasteiger partial charge in [-0.2, -0.15) is 4.98 Å². The van der Waals surface area contributed by atoms with Crippen LogP contribution >= 0.6 is 0 Å². The van der Waals surface area contributed by atoms with E-state index in [0.29, 0.717) is 29.4 Å². The van der Waals surface area contributed by atoms with E-state index >= 15 is 0 Å². The van der Waals surface area contributed by atoms with Crippen molar-refractivity contribution in [2.45, 2.75) is 45.1 Å². The lowest BCUT2D eigenvalue weighted by atomic mass is 9.98. The first-order valence-electron chi connectivity index (χ1n) is 7.64. The van der Waals surface area contributed by atoms with Gasteiger partial charge >= 0.3 is 0 Å². The zero-order valence-electron chi connectivity index (χ0n) is 12.6. The van der Waals surface area contributed by atoms with E-state index in [2.05, 4.69) is 4.98 Å². The van der Waals surface area contributed by atoms with Crippen LogP contribution in [-0.2, 0) is 7.05 Å². The van der Waals surface area contributed by atoms with Gasteiger partial charge in [-0.15, -0.1) is 0 Å². The van der Waals surface area contributed by atoms with Crippen molar-refractivity contribution >= 4 is 11.0 Å². The van der Waals surface area contributed by atoms with E-state index in [0.717, 1.165) is 12.8 Å². The molecule has 0 aliphatic heterocycles. The summed E-state index contributed by atoms with van der Waals surface area (Å²) in [6, 6.07) is 3.68. The van der Waals surface area contributed by atoms with Gasteiger partial charge in [-0.05, 0) is 32.6 Å². The molecule has 21 heavy (non-hydrogen) atoms. The summed E-state index contributed by atoms with van der Waals surface area (Å²) in [4.78, 5) is 4.32. The summed E-state index contributed by atoms with van der Waals surface area (Å²) in [5.41, 5.74) is 1.04. The van der Waals surface area contributed by atoms with Gasteiger partial charge in [0.1, 0.15) is 17.4 Å². The van der Waals surface area contributed by atoms with Crippen LogP contribution < -0.4 is 9.47 Å². The number of benzene rings is 1. The molecule has 1 aromatic heterocycles. The highest BCUT2D eigenvalue weighted by atomic mass is 19.1. The first kappa shape index (κ1) is 14.2. The van der Waals surface area contributed by atoms with Crippen LogP contribution in [0.4, 0.5) is 4.39 Å². The van der Waals surface area contributed by atoms with E-state index in [9.17, 15) is 4.39 Å². The molecule has 3 rings (SSSR count). The number of hydrogen-bond acceptors (Lipinski definition) is 3. The molecule has 2 aromatic rings. The van der Waals surface area contributed by atoms with Crippen LogP contribution in [0.25, 0.3) is 11.0 Å². The predicted octanol–water partition coefficient (Wildman–Crippen LogP) is 3.82. The second-order valence-electron chi connectivity index (χ2n) is 5.54. The lowest BCUT2D eigenvalue weighted by molar-refractivity contribution is 0.138. The SMILES string of the molecule is CCOc1cc(F)c2nc(OC3CCCCC3)n(C)c2c1. The standard InChI is InChI=1S/C16H21FN2O2/c1-3-20-12-9-13(17)15-14(10-12)19(2)16(18-15)21-11-7-5-4-6-8-11/h9-11H,3-8H2,1-2H3. The van der Waals surface area contributed by atoms with Crippen molar-refractivity contribution in [3.05, 3.63) is 17.9 Å². The Balaban J connectivity index is 1.92. The molecular weight excluding hydrogens is 271 g/mol. The van der Waals surface area contributed by atoms with Crippen molar-refractivity contribution in [1.82, 2.24) is 9.55 Å². The molecule has 0 radical (unpaired) electrons. The average molecular weight is 292 g/mol. The minimum atomic E-state index is -0.370. The summed E-state index contributed by atoms with van der Waals surface area (Å²) in [5, 5.41) is 0. The van der Waals surface area contributed by atoms with E-state index in [1.54, 1.807) is 4.57 Å². The third-order valence-corrected chi connectivity index (χ3v) is 4.01. The van der Waals surface area contributed by atoms with Crippen LogP contribution in [0.15, 0.2) is 12.1 Å². The summed E-state index contributed by atoms with van der Waals surface area (Å²) < 4.78 is 27.3. The van der Waals surface area contributed by atoms with Gasteiger partial charge in [0.05, 0.1) is 12.1 Å². The van der Waals surface area contributed by atoms with E-state index in [-0.39, 0.29) is 11.9 Å². The minimum absolute atomic E-state index is 0.198. The molecule has 1 aliphatic carbocycles. The number of aromatic nitrogens is 2. The smallest absolute Gasteiger partial charge is 0.297 e. The zero-order valence-corrected chi connectivity index (χ0v) is 12.6. The highest BCUT2D eigenvalue weighted by Gasteiger charge is 2.20. The normalized spacial score (nSPS) is 16.3. The molecule has 1 saturated carbocycles. The van der Waals surface area contributed by atoms with E-state index < -0.39 is 0 Å². The second kappa shape index (κ2) is 5.92. The van der Waals surface area contributed by atoms with Gasteiger partial charge in [-0.3, -0.25) is 4.57 Å². The van der Waals surface area contributed by atoms with Crippen molar-refractivity contribution < 1.29 is 13.9 Å². The van der Waals surface area contributed by atoms with Crippen molar-refractivity contribution in [1.29, 1.82) is 0 Å². The highest BCUT2D eigenvalue weighted by molar-refractivity contribution is 5.79. The third kappa shape index (κ3) is 2.82. The Kier molecular flexibility index (Phi) is 3.99. The molecule has 1 aliphatic rings. The molecule has 0 saturated heterocycles. The highest BCUT2D eigenvalue weighted by Crippen LogP contribution is 2.29. The number of ether oxygens (including phenoxy) is 2. The second-order valence-corrected chi connectivity index (χ2v) is 5.54. The van der Waals surface area contributed by atoms with Gasteiger partial charge in [0, 0.05) is 19.2 Å². The van der Waals surface area contributed by atoms with Gasteiger partial charge in [0.2, 0.25) is 0 Å². The first-order chi connectivity index (χ1) is 10.2. The van der Waals surface area contributed by atoms with Gasteiger partial charge in [-0.1, -0.05) is 6.42 Å². The first-order valence-corrected chi connectivity index (χ1v) is 7.64. The molecule has 4 nitrogen and oxygen atoms in total. The Morgan fingerprint density at radius 3 is 2.76 bits per heavy atom. The molecule has 0 N–H and O–H groups in total. The molecule has 0 amide bonds. The fraction of sp³-hybridized carbons (Fsp3) is 0.562. The number of nitrogens with zero attached hydrogens (tertiary/aromatic N) is 2. The number of halogens is 1. The number of imidazole rings is 1. The Labute approximate surface area is 123 Å². The molecule has 5 heteroatoms. The molecule has 0 spiro atoms. The quantitative estimate of drug-likeness (QED) is 0.859. The average Bonchev–Trinajstić information content (AvgIpc) is 2.79. The Bertz CT molecular complexity index is 633. The summed E-state index contributed by atoms with van der Waals surface area (Å²) in [7, 11) is 1.85. The largest absolute Gasteiger partial charge is 0.494 e. The lowest BCUT2D eigenvalue weighted by Crippen LogP contribution is -2.21. The maximum atomic E-state index is 14.1. The van der Waals surface area contributed by atoms with E-state index in [4.69, 9.17) is 9.47 Å². The van der Waals surface area contributed by atoms with Crippen molar-refractivity contribution in [3.8, 4) is 11.8 Å². The summed E-state index contributed by atoms with van der Waals surface area (Å²) >= 11 is 0. The molecular formula is C16H21FN2O2.